The molecular weight excluding hydrogens is 316 g/mol. The quantitative estimate of drug-likeness (QED) is 0.374. The number of rotatable bonds is 8. The molecule has 0 unspecified atom stereocenters. The lowest BCUT2D eigenvalue weighted by atomic mass is 10.1. The van der Waals surface area contributed by atoms with Crippen LogP contribution in [0.5, 0.6) is 11.5 Å². The van der Waals surface area contributed by atoms with E-state index in [2.05, 4.69) is 6.92 Å². The Labute approximate surface area is 149 Å². The molecule has 0 spiro atoms. The molecule has 0 fully saturated rings. The SMILES string of the molecule is CCCCOCCc1cccc(OC(=O)Oc2ccccc2C)c1C. The van der Waals surface area contributed by atoms with Crippen molar-refractivity contribution < 1.29 is 19.0 Å². The van der Waals surface area contributed by atoms with E-state index in [1.165, 1.54) is 0 Å². The summed E-state index contributed by atoms with van der Waals surface area (Å²) in [6.07, 6.45) is 2.27. The number of aryl methyl sites for hydroxylation is 1. The number of ether oxygens (including phenoxy) is 3. The highest BCUT2D eigenvalue weighted by Crippen LogP contribution is 2.23. The summed E-state index contributed by atoms with van der Waals surface area (Å²) in [4.78, 5) is 12.1. The highest BCUT2D eigenvalue weighted by molar-refractivity contribution is 5.68. The van der Waals surface area contributed by atoms with Crippen LogP contribution in [0.4, 0.5) is 4.79 Å². The Balaban J connectivity index is 1.94. The molecule has 0 radical (unpaired) electrons. The second kappa shape index (κ2) is 9.84. The average molecular weight is 342 g/mol. The molecule has 2 aromatic carbocycles. The van der Waals surface area contributed by atoms with Crippen LogP contribution in [-0.2, 0) is 11.2 Å². The minimum Gasteiger partial charge on any atom is -0.394 e. The Morgan fingerprint density at radius 1 is 0.920 bits per heavy atom. The van der Waals surface area contributed by atoms with Crippen molar-refractivity contribution in [1.29, 1.82) is 0 Å². The van der Waals surface area contributed by atoms with Crippen molar-refractivity contribution in [1.82, 2.24) is 0 Å². The molecule has 0 amide bonds. The molecule has 0 saturated carbocycles. The summed E-state index contributed by atoms with van der Waals surface area (Å²) >= 11 is 0. The van der Waals surface area contributed by atoms with Gasteiger partial charge in [-0.15, -0.1) is 0 Å². The standard InChI is InChI=1S/C21H26O4/c1-4-5-14-23-15-13-18-10-8-12-20(17(18)3)25-21(22)24-19-11-7-6-9-16(19)2/h6-12H,4-5,13-15H2,1-3H3. The summed E-state index contributed by atoms with van der Waals surface area (Å²) < 4.78 is 16.3. The van der Waals surface area contributed by atoms with Crippen molar-refractivity contribution in [2.24, 2.45) is 0 Å². The third-order valence-corrected chi connectivity index (χ3v) is 4.03. The van der Waals surface area contributed by atoms with Crippen LogP contribution in [0.3, 0.4) is 0 Å². The summed E-state index contributed by atoms with van der Waals surface area (Å²) in [6.45, 7) is 7.42. The van der Waals surface area contributed by atoms with Crippen molar-refractivity contribution in [3.63, 3.8) is 0 Å². The fraction of sp³-hybridized carbons (Fsp3) is 0.381. The van der Waals surface area contributed by atoms with E-state index in [9.17, 15) is 4.79 Å². The molecule has 134 valence electrons. The number of hydrogen-bond donors (Lipinski definition) is 0. The molecule has 0 aliphatic carbocycles. The van der Waals surface area contributed by atoms with Gasteiger partial charge in [-0.2, -0.15) is 0 Å². The number of hydrogen-bond acceptors (Lipinski definition) is 4. The third-order valence-electron chi connectivity index (χ3n) is 4.03. The fourth-order valence-corrected chi connectivity index (χ4v) is 2.44. The molecule has 0 heterocycles. The van der Waals surface area contributed by atoms with Gasteiger partial charge < -0.3 is 14.2 Å². The maximum atomic E-state index is 12.1. The van der Waals surface area contributed by atoms with Gasteiger partial charge in [-0.25, -0.2) is 4.79 Å². The Morgan fingerprint density at radius 3 is 2.40 bits per heavy atom. The Bertz CT molecular complexity index is 694. The van der Waals surface area contributed by atoms with E-state index in [4.69, 9.17) is 14.2 Å². The van der Waals surface area contributed by atoms with E-state index >= 15 is 0 Å². The number of para-hydroxylation sites is 1. The molecule has 0 saturated heterocycles. The Kier molecular flexibility index (Phi) is 7.48. The maximum absolute atomic E-state index is 12.1. The molecule has 0 atom stereocenters. The maximum Gasteiger partial charge on any atom is 0.519 e. The second-order valence-electron chi connectivity index (χ2n) is 5.98. The average Bonchev–Trinajstić information content (AvgIpc) is 2.60. The Hall–Kier alpha value is -2.33. The zero-order valence-corrected chi connectivity index (χ0v) is 15.2. The number of unbranched alkanes of at least 4 members (excludes halogenated alkanes) is 1. The van der Waals surface area contributed by atoms with Crippen molar-refractivity contribution in [2.45, 2.75) is 40.0 Å². The summed E-state index contributed by atoms with van der Waals surface area (Å²) in [5, 5.41) is 0. The first kappa shape index (κ1) is 19.0. The highest BCUT2D eigenvalue weighted by atomic mass is 16.7. The largest absolute Gasteiger partial charge is 0.519 e. The predicted octanol–water partition coefficient (Wildman–Crippen LogP) is 5.24. The first-order valence-corrected chi connectivity index (χ1v) is 8.73. The van der Waals surface area contributed by atoms with Crippen LogP contribution in [0.2, 0.25) is 0 Å². The lowest BCUT2D eigenvalue weighted by molar-refractivity contribution is 0.134. The normalized spacial score (nSPS) is 10.5. The number of benzene rings is 2. The fourth-order valence-electron chi connectivity index (χ4n) is 2.44. The van der Waals surface area contributed by atoms with Crippen LogP contribution in [0.1, 0.15) is 36.5 Å². The molecule has 0 N–H and O–H groups in total. The van der Waals surface area contributed by atoms with Crippen molar-refractivity contribution in [3.05, 3.63) is 59.2 Å². The van der Waals surface area contributed by atoms with Gasteiger partial charge in [-0.05, 0) is 55.5 Å². The van der Waals surface area contributed by atoms with Gasteiger partial charge >= 0.3 is 6.16 Å². The van der Waals surface area contributed by atoms with Gasteiger partial charge in [0.1, 0.15) is 11.5 Å². The third kappa shape index (κ3) is 5.91. The molecule has 4 nitrogen and oxygen atoms in total. The minimum absolute atomic E-state index is 0.505. The van der Waals surface area contributed by atoms with Crippen LogP contribution in [0.25, 0.3) is 0 Å². The van der Waals surface area contributed by atoms with E-state index in [1.807, 2.05) is 44.2 Å². The van der Waals surface area contributed by atoms with Gasteiger partial charge in [0.05, 0.1) is 6.61 Å². The molecule has 2 rings (SSSR count). The molecule has 0 aliphatic heterocycles. The zero-order valence-electron chi connectivity index (χ0n) is 15.2. The predicted molar refractivity (Wildman–Crippen MR) is 98.4 cm³/mol. The van der Waals surface area contributed by atoms with Crippen LogP contribution < -0.4 is 9.47 Å². The molecule has 4 heteroatoms. The van der Waals surface area contributed by atoms with Gasteiger partial charge in [0.25, 0.3) is 0 Å². The number of carbonyl (C=O) groups is 1. The van der Waals surface area contributed by atoms with Gasteiger partial charge in [0.2, 0.25) is 0 Å². The monoisotopic (exact) mass is 342 g/mol. The summed E-state index contributed by atoms with van der Waals surface area (Å²) in [5.41, 5.74) is 2.93. The number of carbonyl (C=O) groups excluding carboxylic acids is 1. The smallest absolute Gasteiger partial charge is 0.394 e. The van der Waals surface area contributed by atoms with Crippen LogP contribution in [0.15, 0.2) is 42.5 Å². The van der Waals surface area contributed by atoms with Crippen LogP contribution >= 0.6 is 0 Å². The summed E-state index contributed by atoms with van der Waals surface area (Å²) in [6, 6.07) is 13.0. The lowest BCUT2D eigenvalue weighted by Gasteiger charge is -2.12. The van der Waals surface area contributed by atoms with Crippen LogP contribution in [0, 0.1) is 13.8 Å². The van der Waals surface area contributed by atoms with Gasteiger partial charge in [-0.3, -0.25) is 0 Å². The molecule has 25 heavy (non-hydrogen) atoms. The van der Waals surface area contributed by atoms with E-state index in [0.717, 1.165) is 42.6 Å². The van der Waals surface area contributed by atoms with Crippen molar-refractivity contribution in [3.8, 4) is 11.5 Å². The van der Waals surface area contributed by atoms with E-state index in [0.29, 0.717) is 18.1 Å². The Morgan fingerprint density at radius 2 is 1.64 bits per heavy atom. The summed E-state index contributed by atoms with van der Waals surface area (Å²) in [7, 11) is 0. The highest BCUT2D eigenvalue weighted by Gasteiger charge is 2.13. The molecular formula is C21H26O4. The zero-order chi connectivity index (χ0) is 18.1. The minimum atomic E-state index is -0.728. The van der Waals surface area contributed by atoms with Gasteiger partial charge in [-0.1, -0.05) is 43.7 Å². The molecule has 2 aromatic rings. The van der Waals surface area contributed by atoms with Gasteiger partial charge in [0.15, 0.2) is 0 Å². The van der Waals surface area contributed by atoms with Crippen LogP contribution in [-0.4, -0.2) is 19.4 Å². The molecule has 0 bridgehead atoms. The van der Waals surface area contributed by atoms with Gasteiger partial charge in [0, 0.05) is 6.61 Å². The van der Waals surface area contributed by atoms with E-state index in [-0.39, 0.29) is 0 Å². The molecule has 0 aliphatic rings. The second-order valence-corrected chi connectivity index (χ2v) is 5.98. The van der Waals surface area contributed by atoms with Crippen molar-refractivity contribution in [2.75, 3.05) is 13.2 Å². The first-order chi connectivity index (χ1) is 12.1. The van der Waals surface area contributed by atoms with E-state index < -0.39 is 6.16 Å². The lowest BCUT2D eigenvalue weighted by Crippen LogP contribution is -2.15. The first-order valence-electron chi connectivity index (χ1n) is 8.73. The van der Waals surface area contributed by atoms with E-state index in [1.54, 1.807) is 12.1 Å². The topological polar surface area (TPSA) is 44.8 Å². The van der Waals surface area contributed by atoms with Crippen molar-refractivity contribution >= 4 is 6.16 Å². The summed E-state index contributed by atoms with van der Waals surface area (Å²) in [5.74, 6) is 1.02. The molecule has 0 aromatic heterocycles.